The number of ether oxygens (including phenoxy) is 1. The monoisotopic (exact) mass is 233 g/mol. The van der Waals surface area contributed by atoms with Crippen molar-refractivity contribution in [3.05, 3.63) is 23.5 Å². The zero-order valence-corrected chi connectivity index (χ0v) is 11.6. The van der Waals surface area contributed by atoms with Gasteiger partial charge in [-0.2, -0.15) is 0 Å². The SMILES string of the molecule is CC(C)c1ncc(C(C)(C)C)cc1OC1CC1. The summed E-state index contributed by atoms with van der Waals surface area (Å²) in [5.74, 6) is 1.41. The molecule has 0 saturated heterocycles. The fraction of sp³-hybridized carbons (Fsp3) is 0.667. The van der Waals surface area contributed by atoms with Gasteiger partial charge in [0.2, 0.25) is 0 Å². The highest BCUT2D eigenvalue weighted by molar-refractivity contribution is 5.36. The van der Waals surface area contributed by atoms with Crippen LogP contribution in [-0.2, 0) is 5.41 Å². The summed E-state index contributed by atoms with van der Waals surface area (Å²) in [7, 11) is 0. The van der Waals surface area contributed by atoms with Crippen LogP contribution in [-0.4, -0.2) is 11.1 Å². The van der Waals surface area contributed by atoms with Gasteiger partial charge in [-0.05, 0) is 35.8 Å². The van der Waals surface area contributed by atoms with Crippen LogP contribution in [0.2, 0.25) is 0 Å². The Balaban J connectivity index is 2.34. The number of rotatable bonds is 3. The van der Waals surface area contributed by atoms with E-state index in [1.165, 1.54) is 18.4 Å². The summed E-state index contributed by atoms with van der Waals surface area (Å²) in [6, 6.07) is 2.18. The molecule has 0 aliphatic heterocycles. The minimum Gasteiger partial charge on any atom is -0.488 e. The van der Waals surface area contributed by atoms with Crippen LogP contribution < -0.4 is 4.74 Å². The van der Waals surface area contributed by atoms with E-state index in [0.29, 0.717) is 12.0 Å². The molecular weight excluding hydrogens is 210 g/mol. The maximum atomic E-state index is 5.99. The van der Waals surface area contributed by atoms with Gasteiger partial charge in [0, 0.05) is 6.20 Å². The molecule has 0 amide bonds. The average Bonchev–Trinajstić information content (AvgIpc) is 2.99. The summed E-state index contributed by atoms with van der Waals surface area (Å²) in [5, 5.41) is 0. The van der Waals surface area contributed by atoms with E-state index in [2.05, 4.69) is 45.7 Å². The summed E-state index contributed by atoms with van der Waals surface area (Å²) in [5.41, 5.74) is 2.46. The summed E-state index contributed by atoms with van der Waals surface area (Å²) in [6.45, 7) is 11.0. The Morgan fingerprint density at radius 1 is 1.29 bits per heavy atom. The van der Waals surface area contributed by atoms with Gasteiger partial charge < -0.3 is 4.74 Å². The Morgan fingerprint density at radius 2 is 1.94 bits per heavy atom. The lowest BCUT2D eigenvalue weighted by Crippen LogP contribution is -2.13. The lowest BCUT2D eigenvalue weighted by Gasteiger charge is -2.21. The van der Waals surface area contributed by atoms with Crippen molar-refractivity contribution in [3.63, 3.8) is 0 Å². The first-order chi connectivity index (χ1) is 7.88. The number of nitrogens with zero attached hydrogens (tertiary/aromatic N) is 1. The first-order valence-corrected chi connectivity index (χ1v) is 6.55. The Labute approximate surface area is 104 Å². The molecule has 2 rings (SSSR count). The van der Waals surface area contributed by atoms with Crippen molar-refractivity contribution in [2.45, 2.75) is 64.9 Å². The molecular formula is C15H23NO. The first-order valence-electron chi connectivity index (χ1n) is 6.55. The third-order valence-electron chi connectivity index (χ3n) is 3.11. The Bertz CT molecular complexity index is 400. The second-order valence-corrected chi connectivity index (χ2v) is 6.33. The second kappa shape index (κ2) is 4.32. The Kier molecular flexibility index (Phi) is 3.15. The van der Waals surface area contributed by atoms with Crippen LogP contribution in [0.5, 0.6) is 5.75 Å². The van der Waals surface area contributed by atoms with Gasteiger partial charge in [-0.1, -0.05) is 34.6 Å². The molecule has 0 spiro atoms. The van der Waals surface area contributed by atoms with Crippen molar-refractivity contribution in [1.82, 2.24) is 4.98 Å². The van der Waals surface area contributed by atoms with Crippen LogP contribution in [0.1, 0.15) is 64.6 Å². The Hall–Kier alpha value is -1.05. The normalized spacial score (nSPS) is 16.4. The first kappa shape index (κ1) is 12.4. The van der Waals surface area contributed by atoms with Crippen LogP contribution in [0.25, 0.3) is 0 Å². The van der Waals surface area contributed by atoms with Crippen molar-refractivity contribution in [1.29, 1.82) is 0 Å². The smallest absolute Gasteiger partial charge is 0.141 e. The second-order valence-electron chi connectivity index (χ2n) is 6.33. The molecule has 0 unspecified atom stereocenters. The third kappa shape index (κ3) is 2.99. The molecule has 1 aromatic heterocycles. The molecule has 0 radical (unpaired) electrons. The van der Waals surface area contributed by atoms with Crippen LogP contribution in [0.4, 0.5) is 0 Å². The van der Waals surface area contributed by atoms with Gasteiger partial charge in [-0.3, -0.25) is 4.98 Å². The van der Waals surface area contributed by atoms with E-state index < -0.39 is 0 Å². The highest BCUT2D eigenvalue weighted by Crippen LogP contribution is 2.34. The van der Waals surface area contributed by atoms with Gasteiger partial charge in [-0.15, -0.1) is 0 Å². The van der Waals surface area contributed by atoms with Crippen molar-refractivity contribution in [3.8, 4) is 5.75 Å². The maximum Gasteiger partial charge on any atom is 0.141 e. The fourth-order valence-electron chi connectivity index (χ4n) is 1.76. The number of hydrogen-bond acceptors (Lipinski definition) is 2. The molecule has 0 bridgehead atoms. The van der Waals surface area contributed by atoms with Crippen LogP contribution >= 0.6 is 0 Å². The summed E-state index contributed by atoms with van der Waals surface area (Å²) in [6.07, 6.45) is 4.81. The quantitative estimate of drug-likeness (QED) is 0.786. The van der Waals surface area contributed by atoms with Gasteiger partial charge in [0.25, 0.3) is 0 Å². The molecule has 17 heavy (non-hydrogen) atoms. The highest BCUT2D eigenvalue weighted by Gasteiger charge is 2.26. The van der Waals surface area contributed by atoms with Crippen molar-refractivity contribution in [2.75, 3.05) is 0 Å². The maximum absolute atomic E-state index is 5.99. The predicted octanol–water partition coefficient (Wildman–Crippen LogP) is 4.04. The van der Waals surface area contributed by atoms with E-state index in [9.17, 15) is 0 Å². The molecule has 1 aliphatic rings. The molecule has 2 heteroatoms. The van der Waals surface area contributed by atoms with Gasteiger partial charge in [0.1, 0.15) is 5.75 Å². The molecule has 0 N–H and O–H groups in total. The number of pyridine rings is 1. The standard InChI is InChI=1S/C15H23NO/c1-10(2)14-13(17-12-6-7-12)8-11(9-16-14)15(3,4)5/h8-10,12H,6-7H2,1-5H3. The molecule has 0 aromatic carbocycles. The molecule has 1 heterocycles. The van der Waals surface area contributed by atoms with E-state index >= 15 is 0 Å². The molecule has 94 valence electrons. The van der Waals surface area contributed by atoms with Crippen molar-refractivity contribution >= 4 is 0 Å². The van der Waals surface area contributed by atoms with E-state index in [1.807, 2.05) is 6.20 Å². The van der Waals surface area contributed by atoms with Gasteiger partial charge >= 0.3 is 0 Å². The average molecular weight is 233 g/mol. The van der Waals surface area contributed by atoms with E-state index in [-0.39, 0.29) is 5.41 Å². The Morgan fingerprint density at radius 3 is 2.41 bits per heavy atom. The summed E-state index contributed by atoms with van der Waals surface area (Å²) >= 11 is 0. The lowest BCUT2D eigenvalue weighted by molar-refractivity contribution is 0.296. The minimum atomic E-state index is 0.129. The highest BCUT2D eigenvalue weighted by atomic mass is 16.5. The molecule has 0 atom stereocenters. The van der Waals surface area contributed by atoms with Gasteiger partial charge in [0.05, 0.1) is 11.8 Å². The number of aromatic nitrogens is 1. The van der Waals surface area contributed by atoms with E-state index in [1.54, 1.807) is 0 Å². The van der Waals surface area contributed by atoms with Crippen LogP contribution in [0.3, 0.4) is 0 Å². The minimum absolute atomic E-state index is 0.129. The topological polar surface area (TPSA) is 22.1 Å². The third-order valence-corrected chi connectivity index (χ3v) is 3.11. The summed E-state index contributed by atoms with van der Waals surface area (Å²) in [4.78, 5) is 4.60. The van der Waals surface area contributed by atoms with Crippen molar-refractivity contribution in [2.24, 2.45) is 0 Å². The number of hydrogen-bond donors (Lipinski definition) is 0. The fourth-order valence-corrected chi connectivity index (χ4v) is 1.76. The molecule has 1 saturated carbocycles. The zero-order chi connectivity index (χ0) is 12.6. The van der Waals surface area contributed by atoms with Gasteiger partial charge in [-0.25, -0.2) is 0 Å². The molecule has 1 aromatic rings. The van der Waals surface area contributed by atoms with Crippen LogP contribution in [0.15, 0.2) is 12.3 Å². The zero-order valence-electron chi connectivity index (χ0n) is 11.6. The molecule has 2 nitrogen and oxygen atoms in total. The van der Waals surface area contributed by atoms with Crippen LogP contribution in [0, 0.1) is 0 Å². The largest absolute Gasteiger partial charge is 0.488 e. The van der Waals surface area contributed by atoms with Crippen molar-refractivity contribution < 1.29 is 4.74 Å². The van der Waals surface area contributed by atoms with E-state index in [0.717, 1.165) is 11.4 Å². The van der Waals surface area contributed by atoms with E-state index in [4.69, 9.17) is 4.74 Å². The molecule has 1 aliphatic carbocycles. The summed E-state index contributed by atoms with van der Waals surface area (Å²) < 4.78 is 5.99. The predicted molar refractivity (Wildman–Crippen MR) is 70.7 cm³/mol. The lowest BCUT2D eigenvalue weighted by atomic mass is 9.87. The van der Waals surface area contributed by atoms with Gasteiger partial charge in [0.15, 0.2) is 0 Å². The molecule has 1 fully saturated rings.